The van der Waals surface area contributed by atoms with Gasteiger partial charge in [-0.05, 0) is 94.1 Å². The number of pyridine rings is 1. The highest BCUT2D eigenvalue weighted by molar-refractivity contribution is 5.89. The molecular formula is C43H56N10O4. The molecule has 2 amide bonds. The summed E-state index contributed by atoms with van der Waals surface area (Å²) < 4.78 is 10.6. The van der Waals surface area contributed by atoms with Crippen molar-refractivity contribution in [2.24, 2.45) is 0 Å². The molecule has 2 aromatic carbocycles. The lowest BCUT2D eigenvalue weighted by atomic mass is 9.85. The molecular weight excluding hydrogens is 721 g/mol. The van der Waals surface area contributed by atoms with Crippen LogP contribution in [0.3, 0.4) is 0 Å². The molecule has 2 fully saturated rings. The van der Waals surface area contributed by atoms with Gasteiger partial charge in [0.2, 0.25) is 5.95 Å². The fraction of sp³-hybridized carbons (Fsp3) is 0.465. The Bertz CT molecular complexity index is 2170. The zero-order valence-electron chi connectivity index (χ0n) is 33.9. The van der Waals surface area contributed by atoms with E-state index in [1.54, 1.807) is 0 Å². The first kappa shape index (κ1) is 39.8. The number of rotatable bonds is 9. The summed E-state index contributed by atoms with van der Waals surface area (Å²) in [5, 5.41) is 27.3. The first-order valence-electron chi connectivity index (χ1n) is 20.0. The van der Waals surface area contributed by atoms with Crippen molar-refractivity contribution in [2.75, 3.05) is 43.9 Å². The van der Waals surface area contributed by atoms with Crippen LogP contribution in [0, 0.1) is 0 Å². The van der Waals surface area contributed by atoms with E-state index in [4.69, 9.17) is 19.7 Å². The van der Waals surface area contributed by atoms with Crippen LogP contribution in [0.4, 0.5) is 16.6 Å². The molecule has 5 aromatic rings. The third-order valence-electron chi connectivity index (χ3n) is 11.4. The van der Waals surface area contributed by atoms with Gasteiger partial charge in [-0.15, -0.1) is 10.2 Å². The van der Waals surface area contributed by atoms with Crippen LogP contribution in [0.15, 0.2) is 72.9 Å². The topological polar surface area (TPSA) is 145 Å². The first-order valence-corrected chi connectivity index (χ1v) is 20.0. The Balaban J connectivity index is 0.00000160. The van der Waals surface area contributed by atoms with Gasteiger partial charge in [-0.3, -0.25) is 19.4 Å². The van der Waals surface area contributed by atoms with Crippen molar-refractivity contribution in [1.82, 2.24) is 39.5 Å². The monoisotopic (exact) mass is 776 g/mol. The molecule has 14 nitrogen and oxygen atoms in total. The van der Waals surface area contributed by atoms with E-state index in [2.05, 4.69) is 118 Å². The molecule has 57 heavy (non-hydrogen) atoms. The third kappa shape index (κ3) is 8.92. The van der Waals surface area contributed by atoms with Crippen LogP contribution in [-0.2, 0) is 16.8 Å². The fourth-order valence-electron chi connectivity index (χ4n) is 8.09. The number of hydrogen-bond acceptors (Lipinski definition) is 9. The van der Waals surface area contributed by atoms with Gasteiger partial charge < -0.3 is 25.0 Å². The molecule has 1 aliphatic carbocycles. The number of ether oxygens (including phenoxy) is 1. The van der Waals surface area contributed by atoms with Crippen LogP contribution in [-0.4, -0.2) is 97.6 Å². The third-order valence-corrected chi connectivity index (χ3v) is 11.4. The Morgan fingerprint density at radius 2 is 1.75 bits per heavy atom. The van der Waals surface area contributed by atoms with Crippen LogP contribution >= 0.6 is 0 Å². The smallest absolute Gasteiger partial charge is 0.320 e. The molecule has 3 N–H and O–H groups in total. The number of carbonyl (C=O) groups is 2. The molecule has 0 saturated carbocycles. The summed E-state index contributed by atoms with van der Waals surface area (Å²) in [6, 6.07) is 23.3. The van der Waals surface area contributed by atoms with Crippen molar-refractivity contribution in [3.8, 4) is 11.4 Å². The molecule has 8 rings (SSSR count). The second-order valence-electron chi connectivity index (χ2n) is 16.8. The zero-order valence-corrected chi connectivity index (χ0v) is 33.9. The minimum atomic E-state index is -0.264. The molecule has 302 valence electrons. The Morgan fingerprint density at radius 3 is 2.49 bits per heavy atom. The van der Waals surface area contributed by atoms with Gasteiger partial charge in [-0.1, -0.05) is 57.2 Å². The largest absolute Gasteiger partial charge is 0.484 e. The number of benzene rings is 2. The maximum atomic E-state index is 13.8. The number of urea groups is 1. The van der Waals surface area contributed by atoms with Gasteiger partial charge in [-0.25, -0.2) is 9.48 Å². The van der Waals surface area contributed by atoms with Crippen molar-refractivity contribution >= 4 is 29.9 Å². The number of carboxylic acid groups (broad SMARTS) is 1. The molecule has 1 unspecified atom stereocenters. The predicted molar refractivity (Wildman–Crippen MR) is 221 cm³/mol. The van der Waals surface area contributed by atoms with Crippen LogP contribution in [0.5, 0.6) is 5.75 Å². The Labute approximate surface area is 334 Å². The number of nitrogens with one attached hydrogen (secondary N) is 2. The summed E-state index contributed by atoms with van der Waals surface area (Å²) in [7, 11) is 4.29. The molecule has 0 spiro atoms. The highest BCUT2D eigenvalue weighted by atomic mass is 16.5. The molecule has 2 aliphatic heterocycles. The molecule has 3 atom stereocenters. The molecule has 2 saturated heterocycles. The van der Waals surface area contributed by atoms with E-state index in [9.17, 15) is 4.79 Å². The SMILES string of the molecule is CC1CCCCN1c1nnc2ccc(O[C@@H]3CC[C@H](NC(=O)Nc4cc(C(C)(C)C)nn4-c4cccc(CN5CC(N(C)C)C5)c4)c4ccccc43)cn12.O=CO. The lowest BCUT2D eigenvalue weighted by Gasteiger charge is -2.42. The fourth-order valence-corrected chi connectivity index (χ4v) is 8.09. The molecule has 0 bridgehead atoms. The summed E-state index contributed by atoms with van der Waals surface area (Å²) >= 11 is 0. The van der Waals surface area contributed by atoms with E-state index in [1.807, 2.05) is 41.2 Å². The Hall–Kier alpha value is -5.47. The number of aromatic nitrogens is 5. The predicted octanol–water partition coefficient (Wildman–Crippen LogP) is 6.81. The van der Waals surface area contributed by atoms with Crippen molar-refractivity contribution in [1.29, 1.82) is 0 Å². The maximum Gasteiger partial charge on any atom is 0.320 e. The Kier molecular flexibility index (Phi) is 11.8. The van der Waals surface area contributed by atoms with Crippen LogP contribution in [0.25, 0.3) is 11.3 Å². The summed E-state index contributed by atoms with van der Waals surface area (Å²) in [5.41, 5.74) is 5.82. The number of hydrogen-bond donors (Lipinski definition) is 3. The quantitative estimate of drug-likeness (QED) is 0.137. The number of likely N-dealkylation sites (tertiary alicyclic amines) is 1. The van der Waals surface area contributed by atoms with Crippen LogP contribution in [0.2, 0.25) is 0 Å². The maximum absolute atomic E-state index is 13.8. The lowest BCUT2D eigenvalue weighted by molar-refractivity contribution is -0.122. The van der Waals surface area contributed by atoms with Crippen molar-refractivity contribution in [2.45, 2.75) is 96.0 Å². The normalized spacial score (nSPS) is 20.0. The molecule has 3 aliphatic rings. The number of anilines is 2. The number of likely N-dealkylation sites (N-methyl/N-ethyl adjacent to an activating group) is 1. The summed E-state index contributed by atoms with van der Waals surface area (Å²) in [6.45, 7) is 12.4. The van der Waals surface area contributed by atoms with E-state index >= 15 is 0 Å². The number of amides is 2. The van der Waals surface area contributed by atoms with E-state index in [0.29, 0.717) is 17.9 Å². The zero-order chi connectivity index (χ0) is 40.3. The van der Waals surface area contributed by atoms with E-state index in [0.717, 1.165) is 91.7 Å². The summed E-state index contributed by atoms with van der Waals surface area (Å²) in [6.07, 6.45) is 6.92. The molecule has 0 radical (unpaired) electrons. The van der Waals surface area contributed by atoms with Crippen molar-refractivity contribution in [3.63, 3.8) is 0 Å². The minimum Gasteiger partial charge on any atom is -0.484 e. The van der Waals surface area contributed by atoms with Crippen LogP contribution < -0.4 is 20.3 Å². The summed E-state index contributed by atoms with van der Waals surface area (Å²) in [4.78, 5) is 29.3. The van der Waals surface area contributed by atoms with Gasteiger partial charge in [0.1, 0.15) is 17.7 Å². The standard InChI is InChI=1S/C42H54N10O2.CH2O2/c1-28-12-9-10-21-50(28)41-46-45-38-20-17-32(27-51(38)41)54-36-19-18-35(33-15-7-8-16-34(33)36)43-40(53)44-39-23-37(42(2,3)4)47-52(39)30-14-11-13-29(22-30)24-49-25-31(26-49)48(5)6;2-1-3/h7-8,11,13-17,20,22-23,27-28,31,35-36H,9-10,12,18-19,21,24-26H2,1-6H3,(H2,43,44,53);1H,(H,2,3)/t28?,35-,36+;/m0./s1. The van der Waals surface area contributed by atoms with Crippen molar-refractivity contribution in [3.05, 3.63) is 95.3 Å². The average Bonchev–Trinajstić information content (AvgIpc) is 3.79. The minimum absolute atomic E-state index is 0.151. The number of fused-ring (bicyclic) bond motifs is 2. The highest BCUT2D eigenvalue weighted by Crippen LogP contribution is 2.39. The van der Waals surface area contributed by atoms with E-state index < -0.39 is 0 Å². The van der Waals surface area contributed by atoms with Gasteiger partial charge in [0, 0.05) is 49.7 Å². The number of piperidine rings is 1. The number of nitrogens with zero attached hydrogens (tertiary/aromatic N) is 8. The van der Waals surface area contributed by atoms with E-state index in [-0.39, 0.29) is 30.1 Å². The lowest BCUT2D eigenvalue weighted by Crippen LogP contribution is -2.56. The first-order chi connectivity index (χ1) is 27.4. The average molecular weight is 777 g/mol. The van der Waals surface area contributed by atoms with Crippen molar-refractivity contribution < 1.29 is 19.4 Å². The molecule has 5 heterocycles. The molecule has 14 heteroatoms. The van der Waals surface area contributed by atoms with Crippen LogP contribution in [0.1, 0.15) is 94.3 Å². The molecule has 3 aromatic heterocycles. The Morgan fingerprint density at radius 1 is 0.982 bits per heavy atom. The van der Waals surface area contributed by atoms with Gasteiger partial charge >= 0.3 is 6.03 Å². The second-order valence-corrected chi connectivity index (χ2v) is 16.8. The summed E-state index contributed by atoms with van der Waals surface area (Å²) in [5.74, 6) is 2.28. The van der Waals surface area contributed by atoms with Gasteiger partial charge in [0.15, 0.2) is 5.65 Å². The van der Waals surface area contributed by atoms with Gasteiger partial charge in [0.25, 0.3) is 6.47 Å². The van der Waals surface area contributed by atoms with E-state index in [1.165, 1.54) is 12.0 Å². The highest BCUT2D eigenvalue weighted by Gasteiger charge is 2.31. The van der Waals surface area contributed by atoms with Gasteiger partial charge in [-0.2, -0.15) is 5.10 Å². The second kappa shape index (κ2) is 16.9. The van der Waals surface area contributed by atoms with Gasteiger partial charge in [0.05, 0.1) is 23.6 Å². The number of carbonyl (C=O) groups excluding carboxylic acids is 1.